The predicted octanol–water partition coefficient (Wildman–Crippen LogP) is -0.184. The third-order valence-electron chi connectivity index (χ3n) is 2.49. The lowest BCUT2D eigenvalue weighted by Crippen LogP contribution is -2.51. The van der Waals surface area contributed by atoms with Gasteiger partial charge in [-0.2, -0.15) is 5.10 Å². The summed E-state index contributed by atoms with van der Waals surface area (Å²) in [6, 6.07) is 1.96. The van der Waals surface area contributed by atoms with E-state index in [1.165, 1.54) is 0 Å². The van der Waals surface area contributed by atoms with Crippen LogP contribution in [0.25, 0.3) is 0 Å². The molecular formula is C10H18N4O. The van der Waals surface area contributed by atoms with Crippen LogP contribution in [0.4, 0.5) is 0 Å². The van der Waals surface area contributed by atoms with Crippen LogP contribution in [0.1, 0.15) is 19.5 Å². The van der Waals surface area contributed by atoms with Gasteiger partial charge in [0.15, 0.2) is 0 Å². The third kappa shape index (κ3) is 3.06. The topological polar surface area (TPSA) is 72.9 Å². The van der Waals surface area contributed by atoms with Crippen molar-refractivity contribution in [2.75, 3.05) is 6.54 Å². The first kappa shape index (κ1) is 11.7. The van der Waals surface area contributed by atoms with Crippen molar-refractivity contribution in [2.45, 2.75) is 25.8 Å². The maximum atomic E-state index is 11.0. The number of aryl methyl sites for hydroxylation is 1. The quantitative estimate of drug-likeness (QED) is 0.708. The Hall–Kier alpha value is -1.36. The number of aromatic nitrogens is 2. The lowest BCUT2D eigenvalue weighted by molar-refractivity contribution is -0.123. The summed E-state index contributed by atoms with van der Waals surface area (Å²) in [4.78, 5) is 11.0. The molecule has 5 nitrogen and oxygen atoms in total. The van der Waals surface area contributed by atoms with Crippen molar-refractivity contribution >= 4 is 5.91 Å². The number of nitrogens with two attached hydrogens (primary N) is 1. The van der Waals surface area contributed by atoms with Crippen LogP contribution in [0.15, 0.2) is 12.3 Å². The van der Waals surface area contributed by atoms with Gasteiger partial charge in [-0.05, 0) is 19.9 Å². The molecular weight excluding hydrogens is 192 g/mol. The Morgan fingerprint density at radius 3 is 2.80 bits per heavy atom. The zero-order valence-corrected chi connectivity index (χ0v) is 9.45. The molecule has 0 spiro atoms. The molecule has 1 aromatic heterocycles. The van der Waals surface area contributed by atoms with E-state index in [-0.39, 0.29) is 5.91 Å². The molecule has 5 heteroatoms. The van der Waals surface area contributed by atoms with E-state index in [1.807, 2.05) is 17.8 Å². The van der Waals surface area contributed by atoms with Gasteiger partial charge < -0.3 is 11.1 Å². The predicted molar refractivity (Wildman–Crippen MR) is 58.2 cm³/mol. The molecule has 1 aromatic rings. The Balaban J connectivity index is 2.40. The molecule has 0 aliphatic carbocycles. The number of nitrogens with one attached hydrogen (secondary N) is 1. The Labute approximate surface area is 89.6 Å². The number of carbonyl (C=O) groups is 1. The molecule has 15 heavy (non-hydrogen) atoms. The lowest BCUT2D eigenvalue weighted by Gasteiger charge is -2.22. The summed E-state index contributed by atoms with van der Waals surface area (Å²) in [5.74, 6) is -0.340. The summed E-state index contributed by atoms with van der Waals surface area (Å²) in [7, 11) is 1.90. The highest BCUT2D eigenvalue weighted by Gasteiger charge is 2.23. The minimum atomic E-state index is -0.654. The van der Waals surface area contributed by atoms with Crippen molar-refractivity contribution in [1.29, 1.82) is 0 Å². The molecule has 0 unspecified atom stereocenters. The third-order valence-corrected chi connectivity index (χ3v) is 2.49. The van der Waals surface area contributed by atoms with Gasteiger partial charge in [0.2, 0.25) is 5.91 Å². The van der Waals surface area contributed by atoms with Crippen LogP contribution in [-0.4, -0.2) is 27.8 Å². The molecule has 0 fully saturated rings. The van der Waals surface area contributed by atoms with Gasteiger partial charge in [0.25, 0.3) is 0 Å². The highest BCUT2D eigenvalue weighted by Crippen LogP contribution is 2.01. The number of nitrogens with zero attached hydrogens (tertiary/aromatic N) is 2. The number of amides is 1. The van der Waals surface area contributed by atoms with Crippen molar-refractivity contribution in [3.8, 4) is 0 Å². The molecule has 0 aliphatic rings. The number of rotatable bonds is 5. The molecule has 0 bridgehead atoms. The van der Waals surface area contributed by atoms with Gasteiger partial charge in [-0.3, -0.25) is 9.48 Å². The van der Waals surface area contributed by atoms with Crippen molar-refractivity contribution in [2.24, 2.45) is 12.8 Å². The van der Waals surface area contributed by atoms with Crippen LogP contribution < -0.4 is 11.1 Å². The molecule has 84 valence electrons. The standard InChI is InChI=1S/C10H18N4O/c1-10(2,9(11)15)12-6-4-8-5-7-13-14(8)3/h5,7,12H,4,6H2,1-3H3,(H2,11,15). The molecule has 0 saturated carbocycles. The molecule has 0 radical (unpaired) electrons. The molecule has 1 heterocycles. The largest absolute Gasteiger partial charge is 0.368 e. The van der Waals surface area contributed by atoms with Gasteiger partial charge in [0, 0.05) is 31.9 Å². The monoisotopic (exact) mass is 210 g/mol. The van der Waals surface area contributed by atoms with Crippen LogP contribution in [0, 0.1) is 0 Å². The van der Waals surface area contributed by atoms with Crippen molar-refractivity contribution in [3.05, 3.63) is 18.0 Å². The van der Waals surface area contributed by atoms with Crippen LogP contribution in [0.5, 0.6) is 0 Å². The first-order valence-corrected chi connectivity index (χ1v) is 4.95. The average Bonchev–Trinajstić information content (AvgIpc) is 2.51. The van der Waals surface area contributed by atoms with Gasteiger partial charge in [0.1, 0.15) is 0 Å². The van der Waals surface area contributed by atoms with Crippen molar-refractivity contribution in [3.63, 3.8) is 0 Å². The van der Waals surface area contributed by atoms with E-state index in [2.05, 4.69) is 10.4 Å². The van der Waals surface area contributed by atoms with Crippen molar-refractivity contribution in [1.82, 2.24) is 15.1 Å². The molecule has 0 atom stereocenters. The summed E-state index contributed by atoms with van der Waals surface area (Å²) in [6.07, 6.45) is 2.59. The van der Waals surface area contributed by atoms with Crippen LogP contribution in [0.3, 0.4) is 0 Å². The number of hydrogen-bond donors (Lipinski definition) is 2. The van der Waals surface area contributed by atoms with E-state index in [9.17, 15) is 4.79 Å². The van der Waals surface area contributed by atoms with E-state index >= 15 is 0 Å². The Bertz CT molecular complexity index is 343. The molecule has 0 aliphatic heterocycles. The van der Waals surface area contributed by atoms with Gasteiger partial charge >= 0.3 is 0 Å². The van der Waals surface area contributed by atoms with Gasteiger partial charge in [0.05, 0.1) is 5.54 Å². The summed E-state index contributed by atoms with van der Waals surface area (Å²) >= 11 is 0. The lowest BCUT2D eigenvalue weighted by atomic mass is 10.1. The number of hydrogen-bond acceptors (Lipinski definition) is 3. The summed E-state index contributed by atoms with van der Waals surface area (Å²) in [5, 5.41) is 7.17. The summed E-state index contributed by atoms with van der Waals surface area (Å²) in [5.41, 5.74) is 5.71. The zero-order valence-electron chi connectivity index (χ0n) is 9.45. The first-order chi connectivity index (χ1) is 6.93. The molecule has 3 N–H and O–H groups in total. The highest BCUT2D eigenvalue weighted by molar-refractivity contribution is 5.83. The molecule has 0 saturated heterocycles. The molecule has 0 aromatic carbocycles. The van der Waals surface area contributed by atoms with E-state index in [4.69, 9.17) is 5.73 Å². The average molecular weight is 210 g/mol. The molecule has 1 amide bonds. The van der Waals surface area contributed by atoms with Gasteiger partial charge in [-0.1, -0.05) is 0 Å². The van der Waals surface area contributed by atoms with Crippen molar-refractivity contribution < 1.29 is 4.79 Å². The number of primary amides is 1. The van der Waals surface area contributed by atoms with Crippen LogP contribution in [-0.2, 0) is 18.3 Å². The Kier molecular flexibility index (Phi) is 3.47. The van der Waals surface area contributed by atoms with E-state index in [0.717, 1.165) is 12.1 Å². The van der Waals surface area contributed by atoms with E-state index in [0.29, 0.717) is 6.54 Å². The first-order valence-electron chi connectivity index (χ1n) is 4.95. The fraction of sp³-hybridized carbons (Fsp3) is 0.600. The Morgan fingerprint density at radius 1 is 1.67 bits per heavy atom. The highest BCUT2D eigenvalue weighted by atomic mass is 16.1. The van der Waals surface area contributed by atoms with Gasteiger partial charge in [-0.25, -0.2) is 0 Å². The minimum Gasteiger partial charge on any atom is -0.368 e. The Morgan fingerprint density at radius 2 is 2.33 bits per heavy atom. The van der Waals surface area contributed by atoms with E-state index in [1.54, 1.807) is 20.0 Å². The van der Waals surface area contributed by atoms with Crippen LogP contribution >= 0.6 is 0 Å². The maximum Gasteiger partial charge on any atom is 0.237 e. The maximum absolute atomic E-state index is 11.0. The minimum absolute atomic E-state index is 0.340. The fourth-order valence-electron chi connectivity index (χ4n) is 1.24. The second-order valence-electron chi connectivity index (χ2n) is 4.11. The summed E-state index contributed by atoms with van der Waals surface area (Å²) in [6.45, 7) is 4.26. The number of carbonyl (C=O) groups excluding carboxylic acids is 1. The SMILES string of the molecule is Cn1nccc1CCNC(C)(C)C(N)=O. The smallest absolute Gasteiger partial charge is 0.237 e. The second kappa shape index (κ2) is 4.44. The zero-order chi connectivity index (χ0) is 11.5. The molecule has 1 rings (SSSR count). The summed E-state index contributed by atoms with van der Waals surface area (Å²) < 4.78 is 1.82. The normalized spacial score (nSPS) is 11.7. The van der Waals surface area contributed by atoms with Crippen LogP contribution in [0.2, 0.25) is 0 Å². The van der Waals surface area contributed by atoms with E-state index < -0.39 is 5.54 Å². The second-order valence-corrected chi connectivity index (χ2v) is 4.11. The fourth-order valence-corrected chi connectivity index (χ4v) is 1.24. The van der Waals surface area contributed by atoms with Gasteiger partial charge in [-0.15, -0.1) is 0 Å².